The van der Waals surface area contributed by atoms with Gasteiger partial charge in [0, 0.05) is 14.1 Å². The summed E-state index contributed by atoms with van der Waals surface area (Å²) in [7, 11) is 4.46. The monoisotopic (exact) mass is 530 g/mol. The van der Waals surface area contributed by atoms with E-state index in [1.807, 2.05) is 40.7 Å². The van der Waals surface area contributed by atoms with Gasteiger partial charge in [-0.1, -0.05) is 52.7 Å². The van der Waals surface area contributed by atoms with Gasteiger partial charge in [-0.15, -0.1) is 4.40 Å². The van der Waals surface area contributed by atoms with Crippen molar-refractivity contribution in [1.29, 1.82) is 0 Å². The van der Waals surface area contributed by atoms with Crippen molar-refractivity contribution in [2.45, 2.75) is 46.6 Å². The van der Waals surface area contributed by atoms with E-state index in [0.29, 0.717) is 5.76 Å². The van der Waals surface area contributed by atoms with Crippen LogP contribution in [0, 0.1) is 5.41 Å². The zero-order valence-corrected chi connectivity index (χ0v) is 23.0. The second-order valence-corrected chi connectivity index (χ2v) is 11.5. The molecule has 0 saturated carbocycles. The number of hydrogen-bond donors (Lipinski definition) is 4. The topological polar surface area (TPSA) is 167 Å². The molecule has 2 radical (unpaired) electrons. The predicted molar refractivity (Wildman–Crippen MR) is 146 cm³/mol. The fraction of sp³-hybridized carbons (Fsp3) is 0.417. The molecular formula is C24H35BN6O5S. The minimum Gasteiger partial charge on any atom is -0.505 e. The summed E-state index contributed by atoms with van der Waals surface area (Å²) in [5, 5.41) is 19.9. The van der Waals surface area contributed by atoms with E-state index in [9.17, 15) is 18.3 Å². The smallest absolute Gasteiger partial charge is 0.319 e. The van der Waals surface area contributed by atoms with Crippen LogP contribution in [0.3, 0.4) is 0 Å². The van der Waals surface area contributed by atoms with E-state index in [4.69, 9.17) is 23.2 Å². The number of nitrogens with two attached hydrogens (primary N) is 2. The van der Waals surface area contributed by atoms with Gasteiger partial charge in [-0.05, 0) is 29.0 Å². The van der Waals surface area contributed by atoms with Crippen molar-refractivity contribution < 1.29 is 22.7 Å². The summed E-state index contributed by atoms with van der Waals surface area (Å²) in [5.41, 5.74) is 0.161. The molecule has 0 spiro atoms. The fourth-order valence-electron chi connectivity index (χ4n) is 3.63. The lowest BCUT2D eigenvalue weighted by molar-refractivity contribution is 0.0826. The molecule has 13 heteroatoms. The van der Waals surface area contributed by atoms with Gasteiger partial charge < -0.3 is 19.7 Å². The fourth-order valence-corrected chi connectivity index (χ4v) is 4.04. The van der Waals surface area contributed by atoms with Crippen molar-refractivity contribution >= 4 is 40.9 Å². The van der Waals surface area contributed by atoms with Gasteiger partial charge in [0.25, 0.3) is 5.91 Å². The Kier molecular flexibility index (Phi) is 8.89. The molecule has 0 fully saturated rings. The Morgan fingerprint density at radius 2 is 1.86 bits per heavy atom. The van der Waals surface area contributed by atoms with Gasteiger partial charge in [0.1, 0.15) is 19.6 Å². The molecule has 1 aromatic heterocycles. The Morgan fingerprint density at radius 3 is 2.32 bits per heavy atom. The number of nitrogens with zero attached hydrogens (tertiary/aromatic N) is 3. The maximum atomic E-state index is 12.6. The van der Waals surface area contributed by atoms with Crippen molar-refractivity contribution in [3.05, 3.63) is 53.6 Å². The molecule has 1 aromatic carbocycles. The molecule has 6 N–H and O–H groups in total. The summed E-state index contributed by atoms with van der Waals surface area (Å²) in [4.78, 5) is 13.8. The Labute approximate surface area is 219 Å². The Morgan fingerprint density at radius 1 is 1.27 bits per heavy atom. The number of amides is 1. The summed E-state index contributed by atoms with van der Waals surface area (Å²) in [6.07, 6.45) is 1.64. The lowest BCUT2D eigenvalue weighted by Gasteiger charge is -2.38. The van der Waals surface area contributed by atoms with Gasteiger partial charge in [0.05, 0.1) is 23.2 Å². The zero-order chi connectivity index (χ0) is 28.5. The molecule has 1 atom stereocenters. The van der Waals surface area contributed by atoms with Crippen molar-refractivity contribution in [2.24, 2.45) is 20.8 Å². The predicted octanol–water partition coefficient (Wildman–Crippen LogP) is 2.09. The van der Waals surface area contributed by atoms with Crippen LogP contribution in [0.4, 0.5) is 5.69 Å². The maximum absolute atomic E-state index is 12.6. The van der Waals surface area contributed by atoms with Gasteiger partial charge >= 0.3 is 10.2 Å². The van der Waals surface area contributed by atoms with Crippen LogP contribution in [-0.4, -0.2) is 57.1 Å². The average Bonchev–Trinajstić information content (AvgIpc) is 3.22. The van der Waals surface area contributed by atoms with Crippen molar-refractivity contribution in [3.8, 4) is 5.75 Å². The number of anilines is 1. The molecule has 0 unspecified atom stereocenters. The molecule has 2 rings (SSSR count). The normalized spacial score (nSPS) is 13.4. The van der Waals surface area contributed by atoms with Crippen LogP contribution < -0.4 is 21.8 Å². The van der Waals surface area contributed by atoms with E-state index < -0.39 is 33.3 Å². The summed E-state index contributed by atoms with van der Waals surface area (Å²) < 4.78 is 33.3. The number of benzene rings is 1. The molecule has 0 aliphatic carbocycles. The third-order valence-electron chi connectivity index (χ3n) is 5.56. The minimum atomic E-state index is -4.44. The number of furan rings is 1. The van der Waals surface area contributed by atoms with Gasteiger partial charge in [-0.3, -0.25) is 9.80 Å². The molecule has 1 amide bonds. The Hall–Kier alpha value is -3.29. The second kappa shape index (κ2) is 11.0. The molecule has 11 nitrogen and oxygen atoms in total. The molecule has 0 saturated heterocycles. The van der Waals surface area contributed by atoms with E-state index in [1.54, 1.807) is 6.26 Å². The van der Waals surface area contributed by atoms with Gasteiger partial charge in [0.2, 0.25) is 0 Å². The van der Waals surface area contributed by atoms with E-state index in [-0.39, 0.29) is 34.2 Å². The number of rotatable bonds is 8. The first kappa shape index (κ1) is 29.9. The first-order chi connectivity index (χ1) is 16.8. The molecule has 0 aliphatic heterocycles. The van der Waals surface area contributed by atoms with E-state index in [2.05, 4.69) is 16.3 Å². The number of nitrogens with one attached hydrogen (secondary N) is 1. The third-order valence-corrected chi connectivity index (χ3v) is 6.00. The van der Waals surface area contributed by atoms with Crippen molar-refractivity contribution in [3.63, 3.8) is 0 Å². The lowest BCUT2D eigenvalue weighted by atomic mass is 9.84. The van der Waals surface area contributed by atoms with Crippen LogP contribution >= 0.6 is 0 Å². The van der Waals surface area contributed by atoms with Gasteiger partial charge in [-0.2, -0.15) is 8.42 Å². The van der Waals surface area contributed by atoms with Crippen molar-refractivity contribution in [1.82, 2.24) is 9.91 Å². The SMILES string of the molecule is [B]c1ccc(NC(=NS(N)(=O)=O)C(=C)N(N)[C@@H](c2cc(C(C)C)co2)C(C)(C)C)c(O)c1C(=O)N(C)C. The van der Waals surface area contributed by atoms with Crippen LogP contribution in [0.5, 0.6) is 5.75 Å². The highest BCUT2D eigenvalue weighted by atomic mass is 32.2. The van der Waals surface area contributed by atoms with Gasteiger partial charge in [-0.25, -0.2) is 11.0 Å². The summed E-state index contributed by atoms with van der Waals surface area (Å²) in [6.45, 7) is 13.8. The number of phenolic OH excluding ortho intramolecular Hbond substituents is 1. The number of carbonyl (C=O) groups excluding carboxylic acids is 1. The van der Waals surface area contributed by atoms with Crippen LogP contribution in [0.25, 0.3) is 0 Å². The molecular weight excluding hydrogens is 495 g/mol. The average molecular weight is 530 g/mol. The van der Waals surface area contributed by atoms with E-state index in [0.717, 1.165) is 5.56 Å². The van der Waals surface area contributed by atoms with Crippen molar-refractivity contribution in [2.75, 3.05) is 19.4 Å². The number of phenols is 1. The molecule has 2 aromatic rings. The van der Waals surface area contributed by atoms with Crippen LogP contribution in [0.2, 0.25) is 0 Å². The summed E-state index contributed by atoms with van der Waals surface area (Å²) in [5.74, 6) is 5.78. The molecule has 200 valence electrons. The highest BCUT2D eigenvalue weighted by Crippen LogP contribution is 2.40. The van der Waals surface area contributed by atoms with Crippen LogP contribution in [-0.2, 0) is 10.2 Å². The molecule has 0 bridgehead atoms. The molecule has 1 heterocycles. The number of carbonyl (C=O) groups is 1. The summed E-state index contributed by atoms with van der Waals surface area (Å²) in [6, 6.07) is 4.01. The number of amidine groups is 1. The standard InChI is InChI=1S/C24H35BN6O5S/c1-13(2)15-11-18(36-12-15)21(24(4,5)6)31(26)14(3)22(29-37(27,34)35)28-17-10-9-16(25)19(20(17)32)23(33)30(7)8/h9-13,21,32H,3,26H2,1-2,4-8H3,(H,28,29)(H2,27,34,35)/t21-/m0/s1. The highest BCUT2D eigenvalue weighted by Gasteiger charge is 2.36. The maximum Gasteiger partial charge on any atom is 0.319 e. The number of hydrazine groups is 1. The number of hydrogen-bond acceptors (Lipinski definition) is 7. The van der Waals surface area contributed by atoms with E-state index >= 15 is 0 Å². The summed E-state index contributed by atoms with van der Waals surface area (Å²) >= 11 is 0. The number of aromatic hydroxyl groups is 1. The molecule has 37 heavy (non-hydrogen) atoms. The van der Waals surface area contributed by atoms with Crippen LogP contribution in [0.1, 0.15) is 68.3 Å². The Balaban J connectivity index is 2.59. The van der Waals surface area contributed by atoms with E-state index in [1.165, 1.54) is 36.1 Å². The zero-order valence-electron chi connectivity index (χ0n) is 22.2. The van der Waals surface area contributed by atoms with Gasteiger partial charge in [0.15, 0.2) is 11.6 Å². The quantitative estimate of drug-likeness (QED) is 0.101. The third kappa shape index (κ3) is 7.15. The minimum absolute atomic E-state index is 0.0255. The second-order valence-electron chi connectivity index (χ2n) is 10.3. The van der Waals surface area contributed by atoms with Crippen LogP contribution in [0.15, 0.2) is 45.6 Å². The first-order valence-electron chi connectivity index (χ1n) is 11.4. The Bertz CT molecular complexity index is 1310. The lowest BCUT2D eigenvalue weighted by Crippen LogP contribution is -2.44. The largest absolute Gasteiger partial charge is 0.505 e. The highest BCUT2D eigenvalue weighted by molar-refractivity contribution is 7.88. The molecule has 0 aliphatic rings. The first-order valence-corrected chi connectivity index (χ1v) is 12.9.